The second-order valence-corrected chi connectivity index (χ2v) is 8.52. The first-order valence-corrected chi connectivity index (χ1v) is 12.5. The van der Waals surface area contributed by atoms with Gasteiger partial charge in [0.15, 0.2) is 0 Å². The van der Waals surface area contributed by atoms with Gasteiger partial charge in [0, 0.05) is 25.8 Å². The molecule has 0 heterocycles. The van der Waals surface area contributed by atoms with Crippen LogP contribution in [0.3, 0.4) is 0 Å². The molecule has 0 amide bonds. The zero-order valence-corrected chi connectivity index (χ0v) is 25.0. The molecule has 5 rings (SSSR count). The molecule has 3 radical (unpaired) electrons. The minimum Gasteiger partial charge on any atom is -0.343 e. The van der Waals surface area contributed by atoms with Gasteiger partial charge in [0.2, 0.25) is 0 Å². The minimum atomic E-state index is 0. The van der Waals surface area contributed by atoms with Gasteiger partial charge in [-0.25, -0.2) is 0 Å². The molecule has 175 valence electrons. The summed E-state index contributed by atoms with van der Waals surface area (Å²) in [5.74, 6) is 0. The number of benzene rings is 3. The standard InChI is InChI=1S/2C9H7.C8H17.C6H5Si.Hf/c2*1-2-5-9-7-3-6-8(9)4-1;1-3-5-7-8-6-4-2;7-6-4-2-1-3-5-6;/h2*1-7H;1,3-8H2,2H3;1-5H;/q3*-1;;. The van der Waals surface area contributed by atoms with Crippen molar-refractivity contribution in [1.29, 1.82) is 0 Å². The van der Waals surface area contributed by atoms with Gasteiger partial charge in [0.05, 0.1) is 10.2 Å². The van der Waals surface area contributed by atoms with E-state index < -0.39 is 0 Å². The van der Waals surface area contributed by atoms with E-state index in [4.69, 9.17) is 0 Å². The van der Waals surface area contributed by atoms with Crippen LogP contribution in [-0.4, -0.2) is 10.2 Å². The Labute approximate surface area is 229 Å². The summed E-state index contributed by atoms with van der Waals surface area (Å²) in [7, 11) is 3.36. The molecule has 0 spiro atoms. The molecule has 5 aromatic rings. The molecule has 0 bridgehead atoms. The molecule has 0 aliphatic carbocycles. The Morgan fingerprint density at radius 3 is 1.50 bits per heavy atom. The smallest absolute Gasteiger partial charge is 0.0711 e. The molecule has 0 fully saturated rings. The summed E-state index contributed by atoms with van der Waals surface area (Å²) in [4.78, 5) is 0. The van der Waals surface area contributed by atoms with Crippen molar-refractivity contribution in [2.75, 3.05) is 0 Å². The number of rotatable bonds is 5. The molecule has 0 nitrogen and oxygen atoms in total. The predicted octanol–water partition coefficient (Wildman–Crippen LogP) is 8.78. The van der Waals surface area contributed by atoms with Crippen LogP contribution < -0.4 is 5.19 Å². The van der Waals surface area contributed by atoms with E-state index in [-0.39, 0.29) is 25.8 Å². The first kappa shape index (κ1) is 30.0. The Bertz CT molecular complexity index is 975. The molecule has 0 N–H and O–H groups in total. The van der Waals surface area contributed by atoms with E-state index >= 15 is 0 Å². The van der Waals surface area contributed by atoms with E-state index in [1.165, 1.54) is 53.6 Å². The third-order valence-corrected chi connectivity index (χ3v) is 5.56. The maximum Gasteiger partial charge on any atom is 0.0711 e. The third kappa shape index (κ3) is 12.4. The van der Waals surface area contributed by atoms with Gasteiger partial charge in [0.25, 0.3) is 0 Å². The van der Waals surface area contributed by atoms with Gasteiger partial charge in [-0.1, -0.05) is 86.7 Å². The largest absolute Gasteiger partial charge is 0.343 e. The summed E-state index contributed by atoms with van der Waals surface area (Å²) in [6, 6.07) is 39.3. The van der Waals surface area contributed by atoms with Crippen molar-refractivity contribution in [3.63, 3.8) is 0 Å². The first-order chi connectivity index (χ1) is 16.2. The van der Waals surface area contributed by atoms with Crippen molar-refractivity contribution in [3.8, 4) is 0 Å². The Morgan fingerprint density at radius 1 is 0.618 bits per heavy atom. The molecule has 34 heavy (non-hydrogen) atoms. The second-order valence-electron chi connectivity index (χ2n) is 7.94. The Morgan fingerprint density at radius 2 is 1.09 bits per heavy atom. The number of fused-ring (bicyclic) bond motifs is 2. The molecule has 0 saturated carbocycles. The molecule has 5 aromatic carbocycles. The van der Waals surface area contributed by atoms with Gasteiger partial charge >= 0.3 is 0 Å². The van der Waals surface area contributed by atoms with Gasteiger partial charge in [-0.15, -0.1) is 59.3 Å². The van der Waals surface area contributed by atoms with Crippen molar-refractivity contribution in [3.05, 3.63) is 122 Å². The maximum absolute atomic E-state index is 3.78. The summed E-state index contributed by atoms with van der Waals surface area (Å²) < 4.78 is 0. The van der Waals surface area contributed by atoms with Gasteiger partial charge in [-0.2, -0.15) is 41.5 Å². The van der Waals surface area contributed by atoms with Crippen molar-refractivity contribution in [2.24, 2.45) is 0 Å². The van der Waals surface area contributed by atoms with Crippen LogP contribution in [0.5, 0.6) is 0 Å². The van der Waals surface area contributed by atoms with Gasteiger partial charge in [-0.05, 0) is 0 Å². The van der Waals surface area contributed by atoms with E-state index in [0.717, 1.165) is 11.6 Å². The van der Waals surface area contributed by atoms with Gasteiger partial charge < -0.3 is 6.92 Å². The molecular weight excluding hydrogens is 591 g/mol. The van der Waals surface area contributed by atoms with Crippen molar-refractivity contribution in [1.82, 2.24) is 0 Å². The normalized spacial score (nSPS) is 9.50. The average molecular weight is 627 g/mol. The summed E-state index contributed by atoms with van der Waals surface area (Å²) in [6.07, 6.45) is 7.98. The van der Waals surface area contributed by atoms with Crippen LogP contribution in [0, 0.1) is 6.92 Å². The van der Waals surface area contributed by atoms with Gasteiger partial charge in [-0.3, -0.25) is 0 Å². The molecule has 0 aliphatic rings. The SMILES string of the molecule is [CH2-]CCCCCCC.[Hf].[Si]c1ccccc1.c1ccc2[cH-]ccc2c1.c1ccc2[cH-]ccc2c1. The Kier molecular flexibility index (Phi) is 17.0. The molecule has 0 aliphatic heterocycles. The molecular formula is C32H36HfSi-3. The molecule has 0 atom stereocenters. The van der Waals surface area contributed by atoms with Crippen LogP contribution in [0.4, 0.5) is 0 Å². The Balaban J connectivity index is 0.000000226. The molecule has 0 aromatic heterocycles. The maximum atomic E-state index is 3.78. The van der Waals surface area contributed by atoms with Crippen LogP contribution in [0.25, 0.3) is 21.5 Å². The zero-order valence-electron chi connectivity index (χ0n) is 20.4. The van der Waals surface area contributed by atoms with E-state index in [2.05, 4.69) is 109 Å². The summed E-state index contributed by atoms with van der Waals surface area (Å²) >= 11 is 0. The summed E-state index contributed by atoms with van der Waals surface area (Å²) in [5, 5.41) is 6.45. The fraction of sp³-hybridized carbons (Fsp3) is 0.219. The minimum absolute atomic E-state index is 0. The van der Waals surface area contributed by atoms with Crippen molar-refractivity contribution < 1.29 is 25.8 Å². The van der Waals surface area contributed by atoms with Gasteiger partial charge in [0.1, 0.15) is 0 Å². The monoisotopic (exact) mass is 628 g/mol. The number of hydrogen-bond acceptors (Lipinski definition) is 0. The second kappa shape index (κ2) is 19.3. The molecule has 2 heteroatoms. The summed E-state index contributed by atoms with van der Waals surface area (Å²) in [6.45, 7) is 6.02. The molecule has 0 saturated heterocycles. The number of unbranched alkanes of at least 4 members (excludes halogenated alkanes) is 5. The third-order valence-electron chi connectivity index (χ3n) is 5.22. The van der Waals surface area contributed by atoms with Crippen LogP contribution in [0.1, 0.15) is 45.4 Å². The van der Waals surface area contributed by atoms with Crippen LogP contribution in [-0.2, 0) is 25.8 Å². The van der Waals surface area contributed by atoms with E-state index in [1.807, 2.05) is 30.3 Å². The van der Waals surface area contributed by atoms with Crippen LogP contribution >= 0.6 is 0 Å². The van der Waals surface area contributed by atoms with Crippen LogP contribution in [0.15, 0.2) is 115 Å². The average Bonchev–Trinajstić information content (AvgIpc) is 3.53. The fourth-order valence-electron chi connectivity index (χ4n) is 3.36. The van der Waals surface area contributed by atoms with Crippen LogP contribution in [0.2, 0.25) is 0 Å². The molecule has 0 unspecified atom stereocenters. The predicted molar refractivity (Wildman–Crippen MR) is 150 cm³/mol. The topological polar surface area (TPSA) is 0 Å². The van der Waals surface area contributed by atoms with E-state index in [0.29, 0.717) is 0 Å². The fourth-order valence-corrected chi connectivity index (χ4v) is 3.55. The zero-order chi connectivity index (χ0) is 23.6. The first-order valence-electron chi connectivity index (χ1n) is 12.0. The van der Waals surface area contributed by atoms with Crippen molar-refractivity contribution in [2.45, 2.75) is 45.4 Å². The number of hydrogen-bond donors (Lipinski definition) is 0. The summed E-state index contributed by atoms with van der Waals surface area (Å²) in [5.41, 5.74) is 0. The van der Waals surface area contributed by atoms with Crippen molar-refractivity contribution >= 4 is 37.0 Å². The Hall–Kier alpha value is -2.03. The van der Waals surface area contributed by atoms with E-state index in [9.17, 15) is 0 Å². The van der Waals surface area contributed by atoms with E-state index in [1.54, 1.807) is 0 Å². The quantitative estimate of drug-likeness (QED) is 0.104.